The number of hydrogen-bond acceptors (Lipinski definition) is 8. The Morgan fingerprint density at radius 1 is 1.07 bits per heavy atom. The predicted octanol–water partition coefficient (Wildman–Crippen LogP) is 5.02. The van der Waals surface area contributed by atoms with E-state index >= 15 is 0 Å². The number of anilines is 1. The monoisotopic (exact) mass is 619 g/mol. The second-order valence-corrected chi connectivity index (χ2v) is 12.3. The number of carbonyl (C=O) groups is 1. The highest BCUT2D eigenvalue weighted by Gasteiger charge is 2.28. The van der Waals surface area contributed by atoms with Gasteiger partial charge in [0, 0.05) is 47.4 Å². The highest BCUT2D eigenvalue weighted by Crippen LogP contribution is 2.26. The molecule has 4 heterocycles. The molecule has 1 aliphatic heterocycles. The van der Waals surface area contributed by atoms with Crippen LogP contribution in [0.3, 0.4) is 0 Å². The zero-order valence-electron chi connectivity index (χ0n) is 22.4. The molecule has 220 valence electrons. The minimum absolute atomic E-state index is 0.0286. The molecular formula is C28H25ClF3N5O4S. The predicted molar refractivity (Wildman–Crippen MR) is 151 cm³/mol. The minimum Gasteiger partial charge on any atom is -0.372 e. The van der Waals surface area contributed by atoms with Crippen LogP contribution in [0.1, 0.15) is 29.9 Å². The lowest BCUT2D eigenvalue weighted by atomic mass is 10.1. The molecule has 9 nitrogen and oxygen atoms in total. The number of benzene rings is 1. The van der Waals surface area contributed by atoms with Gasteiger partial charge in [-0.1, -0.05) is 11.6 Å². The van der Waals surface area contributed by atoms with Gasteiger partial charge in [0.1, 0.15) is 11.6 Å². The van der Waals surface area contributed by atoms with Crippen LogP contribution >= 0.6 is 11.6 Å². The van der Waals surface area contributed by atoms with Crippen molar-refractivity contribution >= 4 is 44.1 Å². The number of pyridine rings is 3. The first-order valence-corrected chi connectivity index (χ1v) is 14.8. The summed E-state index contributed by atoms with van der Waals surface area (Å²) in [6, 6.07) is 10.7. The molecule has 1 aliphatic rings. The second kappa shape index (κ2) is 11.8. The summed E-state index contributed by atoms with van der Waals surface area (Å²) in [5.74, 6) is -4.37. The molecule has 2 atom stereocenters. The number of fused-ring (bicyclic) bond motifs is 1. The number of morpholine rings is 1. The standard InChI is InChI=1S/C28H25ClF3N5O4S/c1-15-13-37(14-16(2)41-15)26-9-20(30)8-25(36-26)23-4-3-17-11-33-21(10-24(17)35-23)12-34-27(38)18-5-19(29)7-22(6-18)42(39,40)28(31)32/h3-11,15-16,28H,12-14H2,1-2H3,(H,34,38)/t15-,16+. The molecule has 0 spiro atoms. The van der Waals surface area contributed by atoms with E-state index in [-0.39, 0.29) is 29.3 Å². The summed E-state index contributed by atoms with van der Waals surface area (Å²) in [6.07, 6.45) is 1.50. The molecule has 42 heavy (non-hydrogen) atoms. The fourth-order valence-corrected chi connectivity index (χ4v) is 5.76. The maximum Gasteiger partial charge on any atom is 0.341 e. The van der Waals surface area contributed by atoms with Gasteiger partial charge in [-0.3, -0.25) is 9.78 Å². The third kappa shape index (κ3) is 6.48. The van der Waals surface area contributed by atoms with Gasteiger partial charge < -0.3 is 15.0 Å². The van der Waals surface area contributed by atoms with Crippen molar-refractivity contribution < 1.29 is 31.1 Å². The molecule has 1 aromatic carbocycles. The molecule has 0 aliphatic carbocycles. The SMILES string of the molecule is C[C@@H]1CN(c2cc(F)cc(-c3ccc4cnc(CNC(=O)c5cc(Cl)cc(S(=O)(=O)C(F)F)c5)cc4n3)n2)C[C@H](C)O1. The molecule has 1 saturated heterocycles. The summed E-state index contributed by atoms with van der Waals surface area (Å²) in [5, 5.41) is 3.08. The number of rotatable bonds is 7. The molecule has 4 aromatic rings. The van der Waals surface area contributed by atoms with Crippen molar-refractivity contribution in [3.63, 3.8) is 0 Å². The van der Waals surface area contributed by atoms with Crippen LogP contribution in [0.25, 0.3) is 22.3 Å². The number of hydrogen-bond donors (Lipinski definition) is 1. The van der Waals surface area contributed by atoms with Crippen LogP contribution in [0, 0.1) is 5.82 Å². The molecular weight excluding hydrogens is 595 g/mol. The Morgan fingerprint density at radius 3 is 2.52 bits per heavy atom. The summed E-state index contributed by atoms with van der Waals surface area (Å²) in [4.78, 5) is 27.5. The van der Waals surface area contributed by atoms with E-state index in [1.54, 1.807) is 24.4 Å². The van der Waals surface area contributed by atoms with Crippen molar-refractivity contribution in [1.82, 2.24) is 20.3 Å². The van der Waals surface area contributed by atoms with E-state index in [0.29, 0.717) is 46.9 Å². The van der Waals surface area contributed by atoms with Crippen LogP contribution < -0.4 is 10.2 Å². The van der Waals surface area contributed by atoms with Crippen LogP contribution in [-0.4, -0.2) is 60.3 Å². The number of carbonyl (C=O) groups excluding carboxylic acids is 1. The summed E-state index contributed by atoms with van der Waals surface area (Å²) in [7, 11) is -4.95. The lowest BCUT2D eigenvalue weighted by Gasteiger charge is -2.36. The molecule has 14 heteroatoms. The lowest BCUT2D eigenvalue weighted by Crippen LogP contribution is -2.45. The first-order chi connectivity index (χ1) is 19.9. The van der Waals surface area contributed by atoms with Gasteiger partial charge in [-0.05, 0) is 50.2 Å². The number of amides is 1. The van der Waals surface area contributed by atoms with Crippen molar-refractivity contribution in [2.75, 3.05) is 18.0 Å². The largest absolute Gasteiger partial charge is 0.372 e. The van der Waals surface area contributed by atoms with E-state index in [4.69, 9.17) is 16.3 Å². The molecule has 0 radical (unpaired) electrons. The maximum atomic E-state index is 14.7. The minimum atomic E-state index is -4.95. The Morgan fingerprint density at radius 2 is 1.81 bits per heavy atom. The van der Waals surface area contributed by atoms with Crippen molar-refractivity contribution in [1.29, 1.82) is 0 Å². The van der Waals surface area contributed by atoms with Crippen LogP contribution in [0.5, 0.6) is 0 Å². The quantitative estimate of drug-likeness (QED) is 0.307. The van der Waals surface area contributed by atoms with Crippen LogP contribution in [0.15, 0.2) is 59.6 Å². The van der Waals surface area contributed by atoms with Gasteiger partial charge in [-0.25, -0.2) is 22.8 Å². The van der Waals surface area contributed by atoms with E-state index in [9.17, 15) is 26.4 Å². The molecule has 3 aromatic heterocycles. The molecule has 5 rings (SSSR count). The fourth-order valence-electron chi connectivity index (χ4n) is 4.67. The van der Waals surface area contributed by atoms with Gasteiger partial charge in [0.25, 0.3) is 5.91 Å². The number of aromatic nitrogens is 3. The highest BCUT2D eigenvalue weighted by molar-refractivity contribution is 7.91. The van der Waals surface area contributed by atoms with Gasteiger partial charge in [-0.15, -0.1) is 0 Å². The van der Waals surface area contributed by atoms with Gasteiger partial charge in [0.2, 0.25) is 9.84 Å². The van der Waals surface area contributed by atoms with E-state index in [1.807, 2.05) is 18.7 Å². The Bertz CT molecular complexity index is 1770. The summed E-state index contributed by atoms with van der Waals surface area (Å²) < 4.78 is 70.1. The van der Waals surface area contributed by atoms with E-state index in [0.717, 1.165) is 12.1 Å². The zero-order chi connectivity index (χ0) is 30.2. The van der Waals surface area contributed by atoms with E-state index < -0.39 is 32.2 Å². The fraction of sp³-hybridized carbons (Fsp3) is 0.286. The van der Waals surface area contributed by atoms with Gasteiger partial charge in [0.15, 0.2) is 0 Å². The molecule has 1 amide bonds. The maximum absolute atomic E-state index is 14.7. The van der Waals surface area contributed by atoms with Gasteiger partial charge in [0.05, 0.1) is 46.2 Å². The molecule has 0 unspecified atom stereocenters. The summed E-state index contributed by atoms with van der Waals surface area (Å²) in [6.45, 7) is 4.97. The lowest BCUT2D eigenvalue weighted by molar-refractivity contribution is -0.00547. The molecule has 1 N–H and O–H groups in total. The summed E-state index contributed by atoms with van der Waals surface area (Å²) in [5.41, 5.74) is 1.50. The number of nitrogens with one attached hydrogen (secondary N) is 1. The third-order valence-electron chi connectivity index (χ3n) is 6.54. The third-order valence-corrected chi connectivity index (χ3v) is 8.12. The van der Waals surface area contributed by atoms with Crippen LogP contribution in [0.2, 0.25) is 5.02 Å². The van der Waals surface area contributed by atoms with Crippen molar-refractivity contribution in [2.24, 2.45) is 0 Å². The Kier molecular flexibility index (Phi) is 8.35. The number of nitrogens with zero attached hydrogens (tertiary/aromatic N) is 4. The number of sulfone groups is 1. The summed E-state index contributed by atoms with van der Waals surface area (Å²) >= 11 is 5.88. The van der Waals surface area contributed by atoms with Crippen molar-refractivity contribution in [3.05, 3.63) is 76.8 Å². The molecule has 0 bridgehead atoms. The molecule has 0 saturated carbocycles. The average Bonchev–Trinajstić information content (AvgIpc) is 2.94. The van der Waals surface area contributed by atoms with Crippen LogP contribution in [-0.2, 0) is 21.1 Å². The molecule has 1 fully saturated rings. The first-order valence-electron chi connectivity index (χ1n) is 12.8. The van der Waals surface area contributed by atoms with Crippen LogP contribution in [0.4, 0.5) is 19.0 Å². The first kappa shape index (κ1) is 29.7. The topological polar surface area (TPSA) is 114 Å². The number of ether oxygens (including phenoxy) is 1. The Hall–Kier alpha value is -3.81. The number of alkyl halides is 2. The Labute approximate surface area is 244 Å². The average molecular weight is 620 g/mol. The smallest absolute Gasteiger partial charge is 0.341 e. The normalized spacial score (nSPS) is 17.5. The Balaban J connectivity index is 1.36. The van der Waals surface area contributed by atoms with E-state index in [1.165, 1.54) is 18.2 Å². The van der Waals surface area contributed by atoms with Gasteiger partial charge in [-0.2, -0.15) is 8.78 Å². The highest BCUT2D eigenvalue weighted by atomic mass is 35.5. The van der Waals surface area contributed by atoms with Crippen molar-refractivity contribution in [2.45, 2.75) is 43.3 Å². The second-order valence-electron chi connectivity index (χ2n) is 9.92. The number of halogens is 4. The van der Waals surface area contributed by atoms with Crippen molar-refractivity contribution in [3.8, 4) is 11.4 Å². The van der Waals surface area contributed by atoms with E-state index in [2.05, 4.69) is 20.3 Å². The van der Waals surface area contributed by atoms with Gasteiger partial charge >= 0.3 is 5.76 Å². The zero-order valence-corrected chi connectivity index (χ0v) is 24.0.